The molecule has 5 rings (SSSR count). The topological polar surface area (TPSA) is 54.5 Å². The molecule has 2 fully saturated rings. The van der Waals surface area contributed by atoms with Gasteiger partial charge in [0.2, 0.25) is 0 Å². The number of benzene rings is 2. The van der Waals surface area contributed by atoms with Crippen LogP contribution in [-0.4, -0.2) is 47.1 Å². The fourth-order valence-electron chi connectivity index (χ4n) is 4.72. The number of pyridine rings is 1. The molecule has 5 nitrogen and oxygen atoms in total. The van der Waals surface area contributed by atoms with Crippen molar-refractivity contribution in [2.75, 3.05) is 20.2 Å². The maximum Gasteiger partial charge on any atom is 0.251 e. The van der Waals surface area contributed by atoms with Gasteiger partial charge in [0, 0.05) is 43.9 Å². The van der Waals surface area contributed by atoms with Crippen LogP contribution in [0.5, 0.6) is 0 Å². The van der Waals surface area contributed by atoms with E-state index >= 15 is 0 Å². The normalized spacial score (nSPS) is 19.5. The van der Waals surface area contributed by atoms with E-state index in [-0.39, 0.29) is 17.0 Å². The first-order valence-corrected chi connectivity index (χ1v) is 10.1. The van der Waals surface area contributed by atoms with E-state index in [1.54, 1.807) is 7.11 Å². The third-order valence-corrected chi connectivity index (χ3v) is 6.45. The van der Waals surface area contributed by atoms with E-state index in [4.69, 9.17) is 4.74 Å². The van der Waals surface area contributed by atoms with Crippen molar-refractivity contribution in [3.05, 3.63) is 78.0 Å². The lowest BCUT2D eigenvalue weighted by molar-refractivity contribution is -0.0852. The number of para-hydroxylation sites is 1. The molecule has 0 bridgehead atoms. The molecule has 1 N–H and O–H groups in total. The summed E-state index contributed by atoms with van der Waals surface area (Å²) < 4.78 is 5.91. The highest BCUT2D eigenvalue weighted by molar-refractivity contribution is 5.95. The summed E-state index contributed by atoms with van der Waals surface area (Å²) in [5.74, 6) is -0.0274. The lowest BCUT2D eigenvalue weighted by Gasteiger charge is -2.54. The Bertz CT molecular complexity index is 1030. The number of hydrogen-bond acceptors (Lipinski definition) is 4. The van der Waals surface area contributed by atoms with Crippen molar-refractivity contribution in [3.63, 3.8) is 0 Å². The summed E-state index contributed by atoms with van der Waals surface area (Å²) in [6, 6.07) is 19.8. The Hall–Kier alpha value is -2.76. The number of amides is 1. The van der Waals surface area contributed by atoms with Gasteiger partial charge in [0.25, 0.3) is 5.91 Å². The second kappa shape index (κ2) is 6.94. The number of aromatic nitrogens is 1. The average molecular weight is 387 g/mol. The molecule has 0 unspecified atom stereocenters. The number of nitrogens with one attached hydrogen (secondary N) is 1. The highest BCUT2D eigenvalue weighted by Gasteiger charge is 2.65. The monoisotopic (exact) mass is 387 g/mol. The maximum absolute atomic E-state index is 12.9. The number of likely N-dealkylation sites (tertiary alicyclic amines) is 1. The van der Waals surface area contributed by atoms with Crippen LogP contribution in [-0.2, 0) is 11.3 Å². The van der Waals surface area contributed by atoms with E-state index in [0.717, 1.165) is 43.4 Å². The number of rotatable bonds is 6. The van der Waals surface area contributed by atoms with Crippen molar-refractivity contribution in [1.82, 2.24) is 15.2 Å². The molecule has 1 aromatic heterocycles. The highest BCUT2D eigenvalue weighted by Crippen LogP contribution is 2.52. The molecule has 1 saturated heterocycles. The molecule has 3 aromatic rings. The predicted octanol–water partition coefficient (Wildman–Crippen LogP) is 3.40. The van der Waals surface area contributed by atoms with Crippen LogP contribution < -0.4 is 5.32 Å². The van der Waals surface area contributed by atoms with Crippen molar-refractivity contribution >= 4 is 16.8 Å². The summed E-state index contributed by atoms with van der Waals surface area (Å²) in [5, 5.41) is 4.49. The summed E-state index contributed by atoms with van der Waals surface area (Å²) in [4.78, 5) is 19.8. The molecule has 2 aromatic carbocycles. The van der Waals surface area contributed by atoms with E-state index in [1.165, 1.54) is 5.56 Å². The zero-order valence-electron chi connectivity index (χ0n) is 16.6. The van der Waals surface area contributed by atoms with Crippen molar-refractivity contribution in [2.24, 2.45) is 0 Å². The van der Waals surface area contributed by atoms with Gasteiger partial charge in [0.15, 0.2) is 0 Å². The predicted molar refractivity (Wildman–Crippen MR) is 113 cm³/mol. The van der Waals surface area contributed by atoms with Crippen LogP contribution in [0.4, 0.5) is 0 Å². The number of nitrogens with zero attached hydrogens (tertiary/aromatic N) is 2. The number of fused-ring (bicyclic) bond motifs is 1. The molecular formula is C24H25N3O2. The molecule has 2 heterocycles. The minimum Gasteiger partial charge on any atom is -0.376 e. The fourth-order valence-corrected chi connectivity index (χ4v) is 4.72. The molecular weight excluding hydrogens is 362 g/mol. The van der Waals surface area contributed by atoms with Crippen molar-refractivity contribution in [3.8, 4) is 0 Å². The molecule has 1 amide bonds. The lowest BCUT2D eigenvalue weighted by atomic mass is 9.80. The number of carbonyl (C=O) groups excluding carboxylic acids is 1. The standard InChI is InChI=1S/C24H25N3O2/c1-29-24(12-13-24)23(26-22(28)19-7-3-2-4-8-19)16-27(17-23)15-20-10-5-9-18-11-6-14-25-21(18)20/h2-11,14H,12-13,15-17H2,1H3,(H,26,28). The van der Waals surface area contributed by atoms with Gasteiger partial charge in [-0.2, -0.15) is 0 Å². The molecule has 29 heavy (non-hydrogen) atoms. The van der Waals surface area contributed by atoms with E-state index < -0.39 is 0 Å². The van der Waals surface area contributed by atoms with Gasteiger partial charge in [-0.15, -0.1) is 0 Å². The van der Waals surface area contributed by atoms with Crippen molar-refractivity contribution in [2.45, 2.75) is 30.5 Å². The number of ether oxygens (including phenoxy) is 1. The SMILES string of the molecule is COC1(C2(NC(=O)c3ccccc3)CN(Cc3cccc4cccnc34)C2)CC1. The Morgan fingerprint density at radius 3 is 2.55 bits per heavy atom. The molecule has 2 aliphatic rings. The van der Waals surface area contributed by atoms with Crippen molar-refractivity contribution in [1.29, 1.82) is 0 Å². The number of methoxy groups -OCH3 is 1. The van der Waals surface area contributed by atoms with Crippen LogP contribution in [0.2, 0.25) is 0 Å². The first-order chi connectivity index (χ1) is 14.1. The quantitative estimate of drug-likeness (QED) is 0.704. The van der Waals surface area contributed by atoms with Crippen LogP contribution in [0.15, 0.2) is 66.9 Å². The Labute approximate surface area is 170 Å². The third kappa shape index (κ3) is 3.11. The van der Waals surface area contributed by atoms with Crippen LogP contribution in [0.25, 0.3) is 10.9 Å². The van der Waals surface area contributed by atoms with Crippen molar-refractivity contribution < 1.29 is 9.53 Å². The van der Waals surface area contributed by atoms with Crippen LogP contribution in [0, 0.1) is 0 Å². The summed E-state index contributed by atoms with van der Waals surface area (Å²) in [6.07, 6.45) is 3.82. The fraction of sp³-hybridized carbons (Fsp3) is 0.333. The Balaban J connectivity index is 1.35. The number of hydrogen-bond donors (Lipinski definition) is 1. The Morgan fingerprint density at radius 2 is 1.83 bits per heavy atom. The molecule has 148 valence electrons. The molecule has 0 spiro atoms. The molecule has 1 aliphatic carbocycles. The van der Waals surface area contributed by atoms with Gasteiger partial charge in [-0.1, -0.05) is 42.5 Å². The largest absolute Gasteiger partial charge is 0.376 e. The Kier molecular flexibility index (Phi) is 4.37. The smallest absolute Gasteiger partial charge is 0.251 e. The zero-order valence-corrected chi connectivity index (χ0v) is 16.6. The second-order valence-electron chi connectivity index (χ2n) is 8.24. The van der Waals surface area contributed by atoms with Crippen LogP contribution in [0.3, 0.4) is 0 Å². The molecule has 0 atom stereocenters. The van der Waals surface area contributed by atoms with Gasteiger partial charge in [-0.05, 0) is 36.6 Å². The minimum absolute atomic E-state index is 0.0274. The lowest BCUT2D eigenvalue weighted by Crippen LogP contribution is -2.76. The van der Waals surface area contributed by atoms with E-state index in [1.807, 2.05) is 42.6 Å². The van der Waals surface area contributed by atoms with Gasteiger partial charge in [0.05, 0.1) is 16.7 Å². The summed E-state index contributed by atoms with van der Waals surface area (Å²) in [6.45, 7) is 2.38. The summed E-state index contributed by atoms with van der Waals surface area (Å²) in [5.41, 5.74) is 2.37. The van der Waals surface area contributed by atoms with Gasteiger partial charge in [0.1, 0.15) is 0 Å². The van der Waals surface area contributed by atoms with E-state index in [0.29, 0.717) is 5.56 Å². The van der Waals surface area contributed by atoms with Gasteiger partial charge >= 0.3 is 0 Å². The zero-order chi connectivity index (χ0) is 19.9. The van der Waals surface area contributed by atoms with Gasteiger partial charge in [-0.3, -0.25) is 14.7 Å². The minimum atomic E-state index is -0.341. The maximum atomic E-state index is 12.9. The summed E-state index contributed by atoms with van der Waals surface area (Å²) >= 11 is 0. The van der Waals surface area contributed by atoms with Gasteiger partial charge in [-0.25, -0.2) is 0 Å². The molecule has 5 heteroatoms. The van der Waals surface area contributed by atoms with Gasteiger partial charge < -0.3 is 10.1 Å². The highest BCUT2D eigenvalue weighted by atomic mass is 16.5. The molecule has 0 radical (unpaired) electrons. The van der Waals surface area contributed by atoms with Crippen LogP contribution in [0.1, 0.15) is 28.8 Å². The van der Waals surface area contributed by atoms with Crippen LogP contribution >= 0.6 is 0 Å². The second-order valence-corrected chi connectivity index (χ2v) is 8.24. The number of carbonyl (C=O) groups is 1. The first kappa shape index (κ1) is 18.3. The Morgan fingerprint density at radius 1 is 1.07 bits per heavy atom. The molecule has 1 saturated carbocycles. The third-order valence-electron chi connectivity index (χ3n) is 6.45. The first-order valence-electron chi connectivity index (χ1n) is 10.1. The van der Waals surface area contributed by atoms with E-state index in [2.05, 4.69) is 39.5 Å². The molecule has 1 aliphatic heterocycles. The summed E-state index contributed by atoms with van der Waals surface area (Å²) in [7, 11) is 1.76. The van der Waals surface area contributed by atoms with E-state index in [9.17, 15) is 4.79 Å². The average Bonchev–Trinajstić information content (AvgIpc) is 3.54.